The number of anilines is 1. The molecule has 160 valence electrons. The zero-order chi connectivity index (χ0) is 22.0. The largest absolute Gasteiger partial charge is 0.496 e. The molecule has 0 fully saturated rings. The molecule has 2 heterocycles. The second kappa shape index (κ2) is 8.69. The molecule has 0 aliphatic carbocycles. The monoisotopic (exact) mass is 440 g/mol. The Hall–Kier alpha value is -3.52. The normalized spacial score (nSPS) is 15.2. The topological polar surface area (TPSA) is 87.0 Å². The van der Waals surface area contributed by atoms with Gasteiger partial charge in [-0.3, -0.25) is 4.79 Å². The van der Waals surface area contributed by atoms with E-state index in [1.165, 1.54) is 7.11 Å². The number of rotatable bonds is 6. The molecule has 2 aromatic carbocycles. The Labute approximate surface area is 184 Å². The summed E-state index contributed by atoms with van der Waals surface area (Å²) in [5, 5.41) is 11.9. The molecular formula is C22H21ClN4O4. The van der Waals surface area contributed by atoms with Gasteiger partial charge < -0.3 is 19.6 Å². The number of hydrogen-bond acceptors (Lipinski definition) is 6. The van der Waals surface area contributed by atoms with Gasteiger partial charge in [0.2, 0.25) is 6.10 Å². The molecule has 1 atom stereocenters. The lowest BCUT2D eigenvalue weighted by Crippen LogP contribution is -2.29. The van der Waals surface area contributed by atoms with Crippen molar-refractivity contribution in [2.45, 2.75) is 19.4 Å². The lowest BCUT2D eigenvalue weighted by molar-refractivity contribution is -0.125. The molecule has 0 saturated carbocycles. The summed E-state index contributed by atoms with van der Waals surface area (Å²) in [5.41, 5.74) is 2.83. The molecule has 0 bridgehead atoms. The highest BCUT2D eigenvalue weighted by Crippen LogP contribution is 2.35. The van der Waals surface area contributed by atoms with E-state index in [1.54, 1.807) is 30.0 Å². The maximum atomic E-state index is 12.9. The van der Waals surface area contributed by atoms with E-state index in [2.05, 4.69) is 15.6 Å². The third-order valence-corrected chi connectivity index (χ3v) is 5.13. The van der Waals surface area contributed by atoms with Gasteiger partial charge in [0, 0.05) is 24.1 Å². The van der Waals surface area contributed by atoms with Gasteiger partial charge in [-0.15, -0.1) is 0 Å². The summed E-state index contributed by atoms with van der Waals surface area (Å²) < 4.78 is 12.3. The van der Waals surface area contributed by atoms with Crippen LogP contribution in [0, 0.1) is 6.92 Å². The van der Waals surface area contributed by atoms with E-state index in [-0.39, 0.29) is 12.3 Å². The zero-order valence-electron chi connectivity index (χ0n) is 17.3. The van der Waals surface area contributed by atoms with Crippen LogP contribution in [-0.4, -0.2) is 41.7 Å². The van der Waals surface area contributed by atoms with Crippen molar-refractivity contribution in [3.05, 3.63) is 64.8 Å². The van der Waals surface area contributed by atoms with E-state index in [4.69, 9.17) is 25.9 Å². The number of nitrogens with zero attached hydrogens (tertiary/aromatic N) is 3. The number of nitrogens with one attached hydrogen (secondary N) is 1. The van der Waals surface area contributed by atoms with Gasteiger partial charge in [0.25, 0.3) is 5.91 Å². The van der Waals surface area contributed by atoms with Crippen molar-refractivity contribution < 1.29 is 19.1 Å². The van der Waals surface area contributed by atoms with Crippen molar-refractivity contribution in [2.75, 3.05) is 19.5 Å². The molecule has 1 aliphatic rings. The third kappa shape index (κ3) is 4.20. The first kappa shape index (κ1) is 20.7. The number of carbonyl (C=O) groups is 1. The Morgan fingerprint density at radius 3 is 2.61 bits per heavy atom. The number of ether oxygens (including phenoxy) is 2. The molecule has 1 N–H and O–H groups in total. The van der Waals surface area contributed by atoms with Gasteiger partial charge in [-0.05, 0) is 25.1 Å². The molecule has 1 amide bonds. The van der Waals surface area contributed by atoms with Crippen molar-refractivity contribution in [1.29, 1.82) is 0 Å². The van der Waals surface area contributed by atoms with Gasteiger partial charge in [-0.2, -0.15) is 5.10 Å². The Morgan fingerprint density at radius 2 is 1.90 bits per heavy atom. The van der Waals surface area contributed by atoms with Crippen LogP contribution < -0.4 is 14.8 Å². The highest BCUT2D eigenvalue weighted by molar-refractivity contribution is 6.32. The second-order valence-corrected chi connectivity index (χ2v) is 7.34. The molecule has 1 aliphatic heterocycles. The summed E-state index contributed by atoms with van der Waals surface area (Å²) >= 11 is 6.26. The van der Waals surface area contributed by atoms with Gasteiger partial charge >= 0.3 is 0 Å². The van der Waals surface area contributed by atoms with E-state index in [9.17, 15) is 4.79 Å². The number of hydrogen-bond donors (Lipinski definition) is 1. The maximum Gasteiger partial charge on any atom is 0.269 e. The van der Waals surface area contributed by atoms with Crippen molar-refractivity contribution >= 4 is 29.0 Å². The van der Waals surface area contributed by atoms with E-state index in [1.807, 2.05) is 37.3 Å². The number of aryl methyl sites for hydroxylation is 1. The molecule has 0 unspecified atom stereocenters. The van der Waals surface area contributed by atoms with Crippen LogP contribution >= 0.6 is 11.6 Å². The Morgan fingerprint density at radius 1 is 1.16 bits per heavy atom. The van der Waals surface area contributed by atoms with E-state index >= 15 is 0 Å². The predicted octanol–water partition coefficient (Wildman–Crippen LogP) is 3.98. The van der Waals surface area contributed by atoms with Gasteiger partial charge in [0.05, 0.1) is 36.3 Å². The average molecular weight is 441 g/mol. The van der Waals surface area contributed by atoms with Crippen LogP contribution in [0.4, 0.5) is 5.82 Å². The first-order chi connectivity index (χ1) is 15.0. The van der Waals surface area contributed by atoms with Crippen LogP contribution in [0.1, 0.15) is 17.7 Å². The molecule has 3 aromatic rings. The van der Waals surface area contributed by atoms with Gasteiger partial charge in [0.1, 0.15) is 17.3 Å². The van der Waals surface area contributed by atoms with E-state index in [0.29, 0.717) is 33.6 Å². The van der Waals surface area contributed by atoms with Crippen LogP contribution in [0.5, 0.6) is 11.5 Å². The number of carbonyl (C=O) groups excluding carboxylic acids is 1. The Kier molecular flexibility index (Phi) is 5.81. The van der Waals surface area contributed by atoms with E-state index in [0.717, 1.165) is 11.4 Å². The minimum absolute atomic E-state index is 0.267. The summed E-state index contributed by atoms with van der Waals surface area (Å²) in [6.45, 7) is 1.86. The molecule has 1 aromatic heterocycles. The summed E-state index contributed by atoms with van der Waals surface area (Å²) in [6.07, 6.45) is -0.524. The van der Waals surface area contributed by atoms with Crippen LogP contribution in [0.2, 0.25) is 5.02 Å². The lowest BCUT2D eigenvalue weighted by atomic mass is 10.0. The molecule has 0 spiro atoms. The minimum atomic E-state index is -0.792. The number of amides is 1. The van der Waals surface area contributed by atoms with Gasteiger partial charge in [0.15, 0.2) is 0 Å². The van der Waals surface area contributed by atoms with Crippen molar-refractivity contribution in [3.63, 3.8) is 0 Å². The molecular weight excluding hydrogens is 420 g/mol. The Balaban J connectivity index is 1.51. The molecule has 31 heavy (non-hydrogen) atoms. The predicted molar refractivity (Wildman–Crippen MR) is 118 cm³/mol. The number of aromatic nitrogens is 2. The lowest BCUT2D eigenvalue weighted by Gasteiger charge is -2.12. The van der Waals surface area contributed by atoms with Crippen LogP contribution in [-0.2, 0) is 9.63 Å². The van der Waals surface area contributed by atoms with Crippen molar-refractivity contribution in [3.8, 4) is 17.2 Å². The molecule has 9 heteroatoms. The minimum Gasteiger partial charge on any atom is -0.496 e. The molecule has 8 nitrogen and oxygen atoms in total. The summed E-state index contributed by atoms with van der Waals surface area (Å²) in [5.74, 6) is 1.24. The van der Waals surface area contributed by atoms with E-state index < -0.39 is 6.10 Å². The van der Waals surface area contributed by atoms with Crippen molar-refractivity contribution in [2.24, 2.45) is 5.16 Å². The highest BCUT2D eigenvalue weighted by atomic mass is 35.5. The zero-order valence-corrected chi connectivity index (χ0v) is 18.0. The number of para-hydroxylation sites is 1. The summed E-state index contributed by atoms with van der Waals surface area (Å²) in [6, 6.07) is 14.7. The van der Waals surface area contributed by atoms with Gasteiger partial charge in [-0.25, -0.2) is 4.68 Å². The molecule has 0 radical (unpaired) electrons. The average Bonchev–Trinajstić information content (AvgIpc) is 3.41. The standard InChI is InChI=1S/C22H21ClN4O4/c1-13-9-21(27(25-13)14-7-5-4-6-8-14)24-22(28)20-11-17(26-31-20)15-10-16(23)19(30-3)12-18(15)29-2/h4-10,12,20H,11H2,1-3H3,(H,24,28)/t20-/m1/s1. The Bertz CT molecular complexity index is 1140. The van der Waals surface area contributed by atoms with Crippen LogP contribution in [0.15, 0.2) is 53.7 Å². The number of benzene rings is 2. The SMILES string of the molecule is COc1cc(OC)c(C2=NO[C@@H](C(=O)Nc3cc(C)nn3-c3ccccc3)C2)cc1Cl. The fourth-order valence-electron chi connectivity index (χ4n) is 3.32. The van der Waals surface area contributed by atoms with Gasteiger partial charge in [-0.1, -0.05) is 35.0 Å². The van der Waals surface area contributed by atoms with Crippen LogP contribution in [0.25, 0.3) is 5.69 Å². The quantitative estimate of drug-likeness (QED) is 0.626. The first-order valence-electron chi connectivity index (χ1n) is 9.57. The fraction of sp³-hybridized carbons (Fsp3) is 0.227. The van der Waals surface area contributed by atoms with Crippen molar-refractivity contribution in [1.82, 2.24) is 9.78 Å². The third-order valence-electron chi connectivity index (χ3n) is 4.83. The molecule has 0 saturated heterocycles. The smallest absolute Gasteiger partial charge is 0.269 e. The first-order valence-corrected chi connectivity index (χ1v) is 9.95. The maximum absolute atomic E-state index is 12.9. The molecule has 4 rings (SSSR count). The summed E-state index contributed by atoms with van der Waals surface area (Å²) in [4.78, 5) is 18.3. The summed E-state index contributed by atoms with van der Waals surface area (Å²) in [7, 11) is 3.07. The second-order valence-electron chi connectivity index (χ2n) is 6.93. The van der Waals surface area contributed by atoms with Crippen LogP contribution in [0.3, 0.4) is 0 Å². The number of oxime groups is 1. The fourth-order valence-corrected chi connectivity index (χ4v) is 3.56. The number of methoxy groups -OCH3 is 2. The number of halogens is 1. The highest BCUT2D eigenvalue weighted by Gasteiger charge is 2.31.